The summed E-state index contributed by atoms with van der Waals surface area (Å²) in [5.74, 6) is -0.379. The highest BCUT2D eigenvalue weighted by Crippen LogP contribution is 2.23. The molecule has 0 saturated carbocycles. The first-order valence-corrected chi connectivity index (χ1v) is 8.50. The van der Waals surface area contributed by atoms with Gasteiger partial charge >= 0.3 is 6.03 Å². The largest absolute Gasteiger partial charge is 0.364 e. The topological polar surface area (TPSA) is 97.1 Å². The Balaban J connectivity index is 2.06. The van der Waals surface area contributed by atoms with Gasteiger partial charge < -0.3 is 11.1 Å². The van der Waals surface area contributed by atoms with Crippen molar-refractivity contribution in [1.29, 1.82) is 0 Å². The molecular weight excluding hydrogens is 324 g/mol. The van der Waals surface area contributed by atoms with Gasteiger partial charge in [0, 0.05) is 5.54 Å². The van der Waals surface area contributed by atoms with Crippen LogP contribution >= 0.6 is 11.3 Å². The first-order valence-electron chi connectivity index (χ1n) is 7.69. The number of nitrogens with two attached hydrogens (primary N) is 1. The van der Waals surface area contributed by atoms with Gasteiger partial charge in [-0.15, -0.1) is 0 Å². The minimum absolute atomic E-state index is 0.168. The van der Waals surface area contributed by atoms with E-state index in [9.17, 15) is 9.59 Å². The number of urea groups is 1. The third kappa shape index (κ3) is 4.55. The van der Waals surface area contributed by atoms with Gasteiger partial charge in [-0.05, 0) is 24.8 Å². The third-order valence-electron chi connectivity index (χ3n) is 4.04. The fourth-order valence-electron chi connectivity index (χ4n) is 2.26. The van der Waals surface area contributed by atoms with Gasteiger partial charge in [-0.1, -0.05) is 55.5 Å². The molecule has 6 nitrogen and oxygen atoms in total. The van der Waals surface area contributed by atoms with Crippen LogP contribution in [0.15, 0.2) is 36.5 Å². The first kappa shape index (κ1) is 17.9. The van der Waals surface area contributed by atoms with Crippen LogP contribution in [0.1, 0.15) is 36.1 Å². The van der Waals surface area contributed by atoms with Crippen molar-refractivity contribution in [1.82, 2.24) is 10.3 Å². The Morgan fingerprint density at radius 3 is 2.50 bits per heavy atom. The molecule has 0 aliphatic rings. The fourth-order valence-corrected chi connectivity index (χ4v) is 2.92. The maximum Gasteiger partial charge on any atom is 0.320 e. The molecule has 1 atom stereocenters. The second-order valence-corrected chi connectivity index (χ2v) is 7.24. The normalized spacial score (nSPS) is 13.3. The molecule has 3 amide bonds. The SMILES string of the molecule is CC(C)C(C)(Cc1ccccc1)NC(=O)Nc1cnc(C(N)=O)s1. The minimum Gasteiger partial charge on any atom is -0.364 e. The lowest BCUT2D eigenvalue weighted by atomic mass is 9.82. The van der Waals surface area contributed by atoms with Gasteiger partial charge in [0.2, 0.25) is 0 Å². The van der Waals surface area contributed by atoms with Crippen LogP contribution in [0.4, 0.5) is 9.80 Å². The van der Waals surface area contributed by atoms with E-state index >= 15 is 0 Å². The Labute approximate surface area is 145 Å². The van der Waals surface area contributed by atoms with E-state index in [1.54, 1.807) is 0 Å². The number of carbonyl (C=O) groups is 2. The van der Waals surface area contributed by atoms with E-state index in [1.165, 1.54) is 6.20 Å². The molecule has 4 N–H and O–H groups in total. The molecule has 0 radical (unpaired) electrons. The minimum atomic E-state index is -0.607. The monoisotopic (exact) mass is 346 g/mol. The third-order valence-corrected chi connectivity index (χ3v) is 4.97. The van der Waals surface area contributed by atoms with Crippen LogP contribution in [0, 0.1) is 5.92 Å². The number of anilines is 1. The van der Waals surface area contributed by atoms with Crippen molar-refractivity contribution in [3.05, 3.63) is 47.1 Å². The predicted octanol–water partition coefficient (Wildman–Crippen LogP) is 3.02. The van der Waals surface area contributed by atoms with E-state index in [1.807, 2.05) is 37.3 Å². The molecule has 7 heteroatoms. The summed E-state index contributed by atoms with van der Waals surface area (Å²) in [4.78, 5) is 27.3. The van der Waals surface area contributed by atoms with Crippen molar-refractivity contribution in [3.8, 4) is 0 Å². The fraction of sp³-hybridized carbons (Fsp3) is 0.353. The number of hydrogen-bond donors (Lipinski definition) is 3. The van der Waals surface area contributed by atoms with Gasteiger partial charge in [0.1, 0.15) is 5.00 Å². The van der Waals surface area contributed by atoms with E-state index < -0.39 is 11.4 Å². The summed E-state index contributed by atoms with van der Waals surface area (Å²) in [7, 11) is 0. The maximum absolute atomic E-state index is 12.3. The molecule has 2 rings (SSSR count). The summed E-state index contributed by atoms with van der Waals surface area (Å²) in [6.45, 7) is 6.16. The number of nitrogens with one attached hydrogen (secondary N) is 2. The highest BCUT2D eigenvalue weighted by molar-refractivity contribution is 7.17. The average molecular weight is 346 g/mol. The Hall–Kier alpha value is -2.41. The van der Waals surface area contributed by atoms with Crippen LogP contribution in [0.25, 0.3) is 0 Å². The molecule has 1 aromatic heterocycles. The number of aromatic nitrogens is 1. The highest BCUT2D eigenvalue weighted by atomic mass is 32.1. The second kappa shape index (κ2) is 7.44. The summed E-state index contributed by atoms with van der Waals surface area (Å²) in [5, 5.41) is 6.40. The molecule has 0 aliphatic heterocycles. The number of carbonyl (C=O) groups excluding carboxylic acids is 2. The number of rotatable bonds is 6. The molecule has 2 aromatic rings. The average Bonchev–Trinajstić information content (AvgIpc) is 2.96. The van der Waals surface area contributed by atoms with Crippen LogP contribution in [0.3, 0.4) is 0 Å². The quantitative estimate of drug-likeness (QED) is 0.750. The zero-order valence-corrected chi connectivity index (χ0v) is 14.8. The molecular formula is C17H22N4O2S. The zero-order valence-electron chi connectivity index (χ0n) is 14.0. The number of nitrogens with zero attached hydrogens (tertiary/aromatic N) is 1. The van der Waals surface area contributed by atoms with Crippen LogP contribution < -0.4 is 16.4 Å². The standard InChI is InChI=1S/C17H22N4O2S/c1-11(2)17(3,9-12-7-5-4-6-8-12)21-16(23)20-13-10-19-15(24-13)14(18)22/h4-8,10-11H,9H2,1-3H3,(H2,18,22)(H2,20,21,23). The van der Waals surface area contributed by atoms with Crippen LogP contribution in [-0.4, -0.2) is 22.5 Å². The summed E-state index contributed by atoms with van der Waals surface area (Å²) < 4.78 is 0. The Morgan fingerprint density at radius 2 is 1.96 bits per heavy atom. The molecule has 1 unspecified atom stereocenters. The van der Waals surface area contributed by atoms with E-state index in [0.29, 0.717) is 11.4 Å². The lowest BCUT2D eigenvalue weighted by Crippen LogP contribution is -2.52. The number of primary amides is 1. The molecule has 24 heavy (non-hydrogen) atoms. The molecule has 0 fully saturated rings. The highest BCUT2D eigenvalue weighted by Gasteiger charge is 2.30. The smallest absolute Gasteiger partial charge is 0.320 e. The molecule has 0 bridgehead atoms. The molecule has 1 aromatic carbocycles. The summed E-state index contributed by atoms with van der Waals surface area (Å²) in [6, 6.07) is 9.70. The van der Waals surface area contributed by atoms with E-state index in [0.717, 1.165) is 16.9 Å². The summed E-state index contributed by atoms with van der Waals surface area (Å²) >= 11 is 1.05. The van der Waals surface area contributed by atoms with E-state index in [2.05, 4.69) is 29.5 Å². The van der Waals surface area contributed by atoms with Crippen molar-refractivity contribution >= 4 is 28.3 Å². The number of hydrogen-bond acceptors (Lipinski definition) is 4. The number of amides is 3. The second-order valence-electron chi connectivity index (χ2n) is 6.21. The van der Waals surface area contributed by atoms with Crippen molar-refractivity contribution in [3.63, 3.8) is 0 Å². The van der Waals surface area contributed by atoms with Gasteiger partial charge in [0.15, 0.2) is 5.01 Å². The molecule has 1 heterocycles. The van der Waals surface area contributed by atoms with Crippen LogP contribution in [0.2, 0.25) is 0 Å². The maximum atomic E-state index is 12.3. The number of thiazole rings is 1. The van der Waals surface area contributed by atoms with Gasteiger partial charge in [-0.3, -0.25) is 10.1 Å². The Morgan fingerprint density at radius 1 is 1.29 bits per heavy atom. The number of benzene rings is 1. The summed E-state index contributed by atoms with van der Waals surface area (Å²) in [6.07, 6.45) is 2.14. The lowest BCUT2D eigenvalue weighted by Gasteiger charge is -2.35. The van der Waals surface area contributed by atoms with Crippen LogP contribution in [0.5, 0.6) is 0 Å². The summed E-state index contributed by atoms with van der Waals surface area (Å²) in [5.41, 5.74) is 5.91. The first-order chi connectivity index (χ1) is 11.3. The Bertz CT molecular complexity index is 714. The molecule has 128 valence electrons. The van der Waals surface area contributed by atoms with Crippen molar-refractivity contribution < 1.29 is 9.59 Å². The van der Waals surface area contributed by atoms with Crippen molar-refractivity contribution in [2.24, 2.45) is 11.7 Å². The lowest BCUT2D eigenvalue weighted by molar-refractivity contribution is 0.1000. The van der Waals surface area contributed by atoms with E-state index in [-0.39, 0.29) is 17.0 Å². The van der Waals surface area contributed by atoms with Crippen molar-refractivity contribution in [2.75, 3.05) is 5.32 Å². The van der Waals surface area contributed by atoms with Gasteiger partial charge in [0.05, 0.1) is 6.20 Å². The van der Waals surface area contributed by atoms with Crippen molar-refractivity contribution in [2.45, 2.75) is 32.7 Å². The van der Waals surface area contributed by atoms with Gasteiger partial charge in [-0.25, -0.2) is 9.78 Å². The van der Waals surface area contributed by atoms with Gasteiger partial charge in [-0.2, -0.15) is 0 Å². The predicted molar refractivity (Wildman–Crippen MR) is 96.2 cm³/mol. The zero-order chi connectivity index (χ0) is 17.7. The van der Waals surface area contributed by atoms with E-state index in [4.69, 9.17) is 5.73 Å². The Kier molecular flexibility index (Phi) is 5.56. The molecule has 0 aliphatic carbocycles. The molecule has 0 saturated heterocycles. The van der Waals surface area contributed by atoms with Gasteiger partial charge in [0.25, 0.3) is 5.91 Å². The molecule has 0 spiro atoms. The van der Waals surface area contributed by atoms with Crippen LogP contribution in [-0.2, 0) is 6.42 Å².